The van der Waals surface area contributed by atoms with Gasteiger partial charge in [-0.15, -0.1) is 0 Å². The fourth-order valence-electron chi connectivity index (χ4n) is 2.55. The summed E-state index contributed by atoms with van der Waals surface area (Å²) in [5.74, 6) is 0. The van der Waals surface area contributed by atoms with E-state index in [1.165, 1.54) is 5.70 Å². The van der Waals surface area contributed by atoms with Crippen molar-refractivity contribution < 1.29 is 5.11 Å². The largest absolute Gasteiger partial charge is 0.394 e. The van der Waals surface area contributed by atoms with E-state index in [1.54, 1.807) is 0 Å². The fraction of sp³-hybridized carbons (Fsp3) is 0.727. The Kier molecular flexibility index (Phi) is 2.74. The molecule has 1 unspecified atom stereocenters. The molecule has 1 atom stereocenters. The Labute approximate surface area is 84.6 Å². The summed E-state index contributed by atoms with van der Waals surface area (Å²) in [6.45, 7) is 1.24. The number of rotatable bonds is 2. The minimum Gasteiger partial charge on any atom is -0.394 e. The van der Waals surface area contributed by atoms with Crippen LogP contribution in [0.5, 0.6) is 0 Å². The van der Waals surface area contributed by atoms with Crippen molar-refractivity contribution in [2.75, 3.05) is 13.2 Å². The number of allylic oxidation sites excluding steroid dienone is 2. The SMILES string of the molecule is N#CC1=C(N2CCCC2CO)CCC1. The second-order valence-electron chi connectivity index (χ2n) is 4.06. The van der Waals surface area contributed by atoms with Crippen LogP contribution in [0.2, 0.25) is 0 Å². The lowest BCUT2D eigenvalue weighted by Crippen LogP contribution is -2.31. The molecule has 0 amide bonds. The van der Waals surface area contributed by atoms with Gasteiger partial charge in [0.15, 0.2) is 0 Å². The molecule has 1 saturated heterocycles. The van der Waals surface area contributed by atoms with E-state index in [0.29, 0.717) is 0 Å². The molecule has 0 saturated carbocycles. The first-order chi connectivity index (χ1) is 6.86. The van der Waals surface area contributed by atoms with Crippen LogP contribution in [0.15, 0.2) is 11.3 Å². The molecule has 3 heteroatoms. The molecular weight excluding hydrogens is 176 g/mol. The number of likely N-dealkylation sites (tertiary alicyclic amines) is 1. The Hall–Kier alpha value is -1.01. The van der Waals surface area contributed by atoms with Crippen LogP contribution in [0.25, 0.3) is 0 Å². The highest BCUT2D eigenvalue weighted by atomic mass is 16.3. The molecule has 2 rings (SSSR count). The molecule has 2 aliphatic rings. The zero-order chi connectivity index (χ0) is 9.97. The lowest BCUT2D eigenvalue weighted by molar-refractivity contribution is 0.184. The van der Waals surface area contributed by atoms with Crippen LogP contribution in [0.1, 0.15) is 32.1 Å². The van der Waals surface area contributed by atoms with Gasteiger partial charge in [0.25, 0.3) is 0 Å². The molecule has 1 aliphatic heterocycles. The molecule has 1 N–H and O–H groups in total. The molecule has 0 radical (unpaired) electrons. The maximum atomic E-state index is 9.21. The predicted molar refractivity (Wildman–Crippen MR) is 53.3 cm³/mol. The number of nitriles is 1. The van der Waals surface area contributed by atoms with E-state index in [1.807, 2.05) is 0 Å². The van der Waals surface area contributed by atoms with Gasteiger partial charge in [0.05, 0.1) is 18.7 Å². The third kappa shape index (κ3) is 1.51. The van der Waals surface area contributed by atoms with Gasteiger partial charge in [-0.3, -0.25) is 0 Å². The third-order valence-electron chi connectivity index (χ3n) is 3.26. The number of aliphatic hydroxyl groups is 1. The highest BCUT2D eigenvalue weighted by molar-refractivity contribution is 5.31. The Morgan fingerprint density at radius 1 is 1.43 bits per heavy atom. The second-order valence-corrected chi connectivity index (χ2v) is 4.06. The summed E-state index contributed by atoms with van der Waals surface area (Å²) in [4.78, 5) is 2.26. The van der Waals surface area contributed by atoms with Gasteiger partial charge in [-0.2, -0.15) is 5.26 Å². The summed E-state index contributed by atoms with van der Waals surface area (Å²) in [5, 5.41) is 18.2. The zero-order valence-corrected chi connectivity index (χ0v) is 8.37. The lowest BCUT2D eigenvalue weighted by atomic mass is 10.2. The highest BCUT2D eigenvalue weighted by Crippen LogP contribution is 2.33. The normalized spacial score (nSPS) is 27.1. The van der Waals surface area contributed by atoms with Crippen LogP contribution >= 0.6 is 0 Å². The van der Waals surface area contributed by atoms with Crippen LogP contribution in [0.4, 0.5) is 0 Å². The Bertz CT molecular complexity index is 290. The molecule has 1 aliphatic carbocycles. The van der Waals surface area contributed by atoms with Crippen LogP contribution in [0.3, 0.4) is 0 Å². The lowest BCUT2D eigenvalue weighted by Gasteiger charge is -2.26. The van der Waals surface area contributed by atoms with Gasteiger partial charge in [0.1, 0.15) is 0 Å². The fourth-order valence-corrected chi connectivity index (χ4v) is 2.55. The van der Waals surface area contributed by atoms with Crippen molar-refractivity contribution in [2.24, 2.45) is 0 Å². The minimum absolute atomic E-state index is 0.224. The smallest absolute Gasteiger partial charge is 0.0965 e. The van der Waals surface area contributed by atoms with Crippen molar-refractivity contribution in [1.29, 1.82) is 5.26 Å². The first-order valence-corrected chi connectivity index (χ1v) is 5.36. The molecule has 14 heavy (non-hydrogen) atoms. The minimum atomic E-state index is 0.224. The topological polar surface area (TPSA) is 47.3 Å². The maximum Gasteiger partial charge on any atom is 0.0965 e. The van der Waals surface area contributed by atoms with E-state index in [0.717, 1.165) is 44.2 Å². The van der Waals surface area contributed by atoms with E-state index in [9.17, 15) is 5.11 Å². The highest BCUT2D eigenvalue weighted by Gasteiger charge is 2.29. The van der Waals surface area contributed by atoms with E-state index in [2.05, 4.69) is 11.0 Å². The van der Waals surface area contributed by atoms with Crippen molar-refractivity contribution in [3.63, 3.8) is 0 Å². The average molecular weight is 192 g/mol. The Morgan fingerprint density at radius 3 is 3.00 bits per heavy atom. The number of nitrogens with zero attached hydrogens (tertiary/aromatic N) is 2. The Balaban J connectivity index is 2.18. The van der Waals surface area contributed by atoms with Gasteiger partial charge < -0.3 is 10.0 Å². The van der Waals surface area contributed by atoms with Crippen molar-refractivity contribution in [3.05, 3.63) is 11.3 Å². The van der Waals surface area contributed by atoms with Crippen molar-refractivity contribution in [1.82, 2.24) is 4.90 Å². The molecule has 0 aromatic rings. The van der Waals surface area contributed by atoms with Crippen molar-refractivity contribution >= 4 is 0 Å². The molecular formula is C11H16N2O. The van der Waals surface area contributed by atoms with E-state index < -0.39 is 0 Å². The first kappa shape index (κ1) is 9.54. The molecule has 0 aromatic heterocycles. The summed E-state index contributed by atoms with van der Waals surface area (Å²) < 4.78 is 0. The van der Waals surface area contributed by atoms with Crippen LogP contribution in [-0.2, 0) is 0 Å². The quantitative estimate of drug-likeness (QED) is 0.719. The zero-order valence-electron chi connectivity index (χ0n) is 8.37. The van der Waals surface area contributed by atoms with Gasteiger partial charge in [0, 0.05) is 17.8 Å². The standard InChI is InChI=1S/C11H16N2O/c12-7-9-3-1-5-11(9)13-6-2-4-10(13)8-14/h10,14H,1-6,8H2. The Morgan fingerprint density at radius 2 is 2.29 bits per heavy atom. The third-order valence-corrected chi connectivity index (χ3v) is 3.26. The molecule has 0 bridgehead atoms. The monoisotopic (exact) mass is 192 g/mol. The maximum absolute atomic E-state index is 9.21. The van der Waals surface area contributed by atoms with Crippen molar-refractivity contribution in [3.8, 4) is 6.07 Å². The first-order valence-electron chi connectivity index (χ1n) is 5.36. The van der Waals surface area contributed by atoms with Crippen molar-refractivity contribution in [2.45, 2.75) is 38.1 Å². The van der Waals surface area contributed by atoms with E-state index in [-0.39, 0.29) is 12.6 Å². The molecule has 76 valence electrons. The number of aliphatic hydroxyl groups excluding tert-OH is 1. The van der Waals surface area contributed by atoms with E-state index >= 15 is 0 Å². The number of hydrogen-bond acceptors (Lipinski definition) is 3. The number of hydrogen-bond donors (Lipinski definition) is 1. The van der Waals surface area contributed by atoms with Gasteiger partial charge in [0.2, 0.25) is 0 Å². The van der Waals surface area contributed by atoms with Crippen LogP contribution in [0, 0.1) is 11.3 Å². The predicted octanol–water partition coefficient (Wildman–Crippen LogP) is 1.40. The second kappa shape index (κ2) is 4.02. The summed E-state index contributed by atoms with van der Waals surface area (Å²) in [5.41, 5.74) is 2.16. The molecule has 0 spiro atoms. The van der Waals surface area contributed by atoms with Crippen LogP contribution < -0.4 is 0 Å². The van der Waals surface area contributed by atoms with Gasteiger partial charge in [-0.05, 0) is 32.1 Å². The summed E-state index contributed by atoms with van der Waals surface area (Å²) >= 11 is 0. The summed E-state index contributed by atoms with van der Waals surface area (Å²) in [6, 6.07) is 2.56. The molecule has 0 aromatic carbocycles. The van der Waals surface area contributed by atoms with Gasteiger partial charge in [-0.1, -0.05) is 0 Å². The van der Waals surface area contributed by atoms with Gasteiger partial charge in [-0.25, -0.2) is 0 Å². The summed E-state index contributed by atoms with van der Waals surface area (Å²) in [6.07, 6.45) is 5.28. The van der Waals surface area contributed by atoms with E-state index in [4.69, 9.17) is 5.26 Å². The molecule has 1 heterocycles. The molecule has 1 fully saturated rings. The summed E-state index contributed by atoms with van der Waals surface area (Å²) in [7, 11) is 0. The molecule has 3 nitrogen and oxygen atoms in total. The average Bonchev–Trinajstić information content (AvgIpc) is 2.85. The van der Waals surface area contributed by atoms with Crippen LogP contribution in [-0.4, -0.2) is 29.2 Å². The van der Waals surface area contributed by atoms with Gasteiger partial charge >= 0.3 is 0 Å².